The van der Waals surface area contributed by atoms with Gasteiger partial charge < -0.3 is 9.88 Å². The second-order valence-electron chi connectivity index (χ2n) is 6.36. The normalized spacial score (nSPS) is 22.4. The van der Waals surface area contributed by atoms with E-state index in [0.29, 0.717) is 18.9 Å². The fraction of sp³-hybridized carbons (Fsp3) is 0.786. The molecule has 0 radical (unpaired) electrons. The first kappa shape index (κ1) is 16.5. The number of aromatic nitrogens is 2. The van der Waals surface area contributed by atoms with Crippen LogP contribution in [0, 0.1) is 12.3 Å². The fourth-order valence-electron chi connectivity index (χ4n) is 2.82. The summed E-state index contributed by atoms with van der Waals surface area (Å²) in [7, 11) is -3.54. The Labute approximate surface area is 127 Å². The van der Waals surface area contributed by atoms with E-state index in [1.807, 2.05) is 18.4 Å². The monoisotopic (exact) mass is 314 g/mol. The van der Waals surface area contributed by atoms with Gasteiger partial charge in [0.25, 0.3) is 10.0 Å². The summed E-state index contributed by atoms with van der Waals surface area (Å²) in [6.07, 6.45) is 3.84. The molecule has 1 fully saturated rings. The average molecular weight is 314 g/mol. The Hall–Kier alpha value is -0.920. The van der Waals surface area contributed by atoms with E-state index in [-0.39, 0.29) is 16.5 Å². The molecule has 1 aromatic rings. The van der Waals surface area contributed by atoms with E-state index in [9.17, 15) is 8.42 Å². The predicted octanol–water partition coefficient (Wildman–Crippen LogP) is 1.27. The lowest BCUT2D eigenvalue weighted by Crippen LogP contribution is -2.52. The SMILES string of the molecule is CCn1cc(S(=O)(=O)NCC2NCCCC2(C)C)nc1C. The molecule has 1 aromatic heterocycles. The van der Waals surface area contributed by atoms with Crippen molar-refractivity contribution in [2.45, 2.75) is 58.1 Å². The zero-order valence-electron chi connectivity index (χ0n) is 13.3. The molecule has 0 aromatic carbocycles. The third-order valence-electron chi connectivity index (χ3n) is 4.38. The number of rotatable bonds is 5. The molecule has 2 heterocycles. The van der Waals surface area contributed by atoms with Gasteiger partial charge in [-0.05, 0) is 38.6 Å². The van der Waals surface area contributed by atoms with Crippen molar-refractivity contribution in [2.24, 2.45) is 5.41 Å². The maximum Gasteiger partial charge on any atom is 0.259 e. The topological polar surface area (TPSA) is 76.0 Å². The van der Waals surface area contributed by atoms with Crippen molar-refractivity contribution >= 4 is 10.0 Å². The largest absolute Gasteiger partial charge is 0.334 e. The summed E-state index contributed by atoms with van der Waals surface area (Å²) < 4.78 is 29.2. The highest BCUT2D eigenvalue weighted by atomic mass is 32.2. The van der Waals surface area contributed by atoms with Gasteiger partial charge >= 0.3 is 0 Å². The summed E-state index contributed by atoms with van der Waals surface area (Å²) in [6, 6.07) is 0.149. The average Bonchev–Trinajstić information content (AvgIpc) is 2.79. The van der Waals surface area contributed by atoms with Crippen molar-refractivity contribution in [1.29, 1.82) is 0 Å². The molecule has 120 valence electrons. The van der Waals surface area contributed by atoms with Crippen LogP contribution in [0.1, 0.15) is 39.4 Å². The van der Waals surface area contributed by atoms with Crippen LogP contribution in [-0.4, -0.2) is 37.1 Å². The minimum Gasteiger partial charge on any atom is -0.334 e. The standard InChI is InChI=1S/C14H26N4O2S/c1-5-18-10-13(17-11(18)2)21(19,20)16-9-12-14(3,4)7-6-8-15-12/h10,12,15-16H,5-9H2,1-4H3. The quantitative estimate of drug-likeness (QED) is 0.858. The van der Waals surface area contributed by atoms with E-state index < -0.39 is 10.0 Å². The molecular formula is C14H26N4O2S. The van der Waals surface area contributed by atoms with Gasteiger partial charge in [0.15, 0.2) is 5.03 Å². The van der Waals surface area contributed by atoms with E-state index in [4.69, 9.17) is 0 Å². The molecule has 21 heavy (non-hydrogen) atoms. The summed E-state index contributed by atoms with van der Waals surface area (Å²) in [5.74, 6) is 0.717. The van der Waals surface area contributed by atoms with Gasteiger partial charge in [0.1, 0.15) is 5.82 Å². The maximum atomic E-state index is 12.4. The molecule has 1 aliphatic heterocycles. The minimum atomic E-state index is -3.54. The van der Waals surface area contributed by atoms with Crippen molar-refractivity contribution in [3.63, 3.8) is 0 Å². The number of hydrogen-bond acceptors (Lipinski definition) is 4. The first-order valence-electron chi connectivity index (χ1n) is 7.53. The third kappa shape index (κ3) is 3.64. The number of aryl methyl sites for hydroxylation is 2. The molecule has 0 saturated carbocycles. The number of imidazole rings is 1. The van der Waals surface area contributed by atoms with Crippen LogP contribution in [-0.2, 0) is 16.6 Å². The van der Waals surface area contributed by atoms with Crippen LogP contribution in [0.2, 0.25) is 0 Å². The third-order valence-corrected chi connectivity index (χ3v) is 5.67. The zero-order valence-corrected chi connectivity index (χ0v) is 14.1. The summed E-state index contributed by atoms with van der Waals surface area (Å²) in [6.45, 7) is 10.2. The molecule has 1 aliphatic rings. The highest BCUT2D eigenvalue weighted by molar-refractivity contribution is 7.89. The van der Waals surface area contributed by atoms with E-state index in [1.54, 1.807) is 6.20 Å². The molecule has 0 amide bonds. The Morgan fingerprint density at radius 1 is 1.52 bits per heavy atom. The Kier molecular flexibility index (Phi) is 4.75. The molecule has 6 nitrogen and oxygen atoms in total. The van der Waals surface area contributed by atoms with Gasteiger partial charge in [0, 0.05) is 25.3 Å². The summed E-state index contributed by atoms with van der Waals surface area (Å²) in [4.78, 5) is 4.15. The smallest absolute Gasteiger partial charge is 0.259 e. The van der Waals surface area contributed by atoms with Gasteiger partial charge in [-0.3, -0.25) is 0 Å². The molecule has 7 heteroatoms. The molecule has 1 saturated heterocycles. The first-order chi connectivity index (χ1) is 9.76. The molecule has 0 aliphatic carbocycles. The van der Waals surface area contributed by atoms with Crippen LogP contribution in [0.3, 0.4) is 0 Å². The second-order valence-corrected chi connectivity index (χ2v) is 8.08. The number of nitrogens with zero attached hydrogens (tertiary/aromatic N) is 2. The van der Waals surface area contributed by atoms with Crippen molar-refractivity contribution < 1.29 is 8.42 Å². The van der Waals surface area contributed by atoms with Crippen molar-refractivity contribution in [1.82, 2.24) is 19.6 Å². The Balaban J connectivity index is 2.07. The van der Waals surface area contributed by atoms with Crippen LogP contribution in [0.4, 0.5) is 0 Å². The van der Waals surface area contributed by atoms with E-state index in [0.717, 1.165) is 19.4 Å². The highest BCUT2D eigenvalue weighted by Crippen LogP contribution is 2.29. The van der Waals surface area contributed by atoms with E-state index in [1.165, 1.54) is 0 Å². The first-order valence-corrected chi connectivity index (χ1v) is 9.01. The van der Waals surface area contributed by atoms with E-state index >= 15 is 0 Å². The number of nitrogens with one attached hydrogen (secondary N) is 2. The Morgan fingerprint density at radius 2 is 2.24 bits per heavy atom. The van der Waals surface area contributed by atoms with Crippen LogP contribution < -0.4 is 10.0 Å². The molecule has 1 atom stereocenters. The van der Waals surface area contributed by atoms with Crippen LogP contribution in [0.5, 0.6) is 0 Å². The van der Waals surface area contributed by atoms with Gasteiger partial charge in [-0.25, -0.2) is 18.1 Å². The Morgan fingerprint density at radius 3 is 2.81 bits per heavy atom. The number of hydrogen-bond donors (Lipinski definition) is 2. The lowest BCUT2D eigenvalue weighted by Gasteiger charge is -2.39. The van der Waals surface area contributed by atoms with Gasteiger partial charge in [-0.15, -0.1) is 0 Å². The molecular weight excluding hydrogens is 288 g/mol. The zero-order chi connectivity index (χ0) is 15.7. The molecule has 0 bridgehead atoms. The van der Waals surface area contributed by atoms with Crippen LogP contribution >= 0.6 is 0 Å². The summed E-state index contributed by atoms with van der Waals surface area (Å²) in [5, 5.41) is 3.52. The van der Waals surface area contributed by atoms with Crippen molar-refractivity contribution in [3.05, 3.63) is 12.0 Å². The molecule has 2 N–H and O–H groups in total. The Bertz CT molecular complexity index is 592. The van der Waals surface area contributed by atoms with Crippen LogP contribution in [0.25, 0.3) is 0 Å². The van der Waals surface area contributed by atoms with Gasteiger partial charge in [-0.1, -0.05) is 13.8 Å². The van der Waals surface area contributed by atoms with Gasteiger partial charge in [0.2, 0.25) is 0 Å². The van der Waals surface area contributed by atoms with Crippen molar-refractivity contribution in [2.75, 3.05) is 13.1 Å². The van der Waals surface area contributed by atoms with E-state index in [2.05, 4.69) is 28.9 Å². The van der Waals surface area contributed by atoms with Gasteiger partial charge in [0.05, 0.1) is 0 Å². The lowest BCUT2D eigenvalue weighted by molar-refractivity contribution is 0.181. The fourth-order valence-corrected chi connectivity index (χ4v) is 3.87. The predicted molar refractivity (Wildman–Crippen MR) is 82.6 cm³/mol. The lowest BCUT2D eigenvalue weighted by atomic mass is 9.78. The summed E-state index contributed by atoms with van der Waals surface area (Å²) >= 11 is 0. The maximum absolute atomic E-state index is 12.4. The second kappa shape index (κ2) is 6.06. The summed E-state index contributed by atoms with van der Waals surface area (Å²) in [5.41, 5.74) is 0.0967. The number of sulfonamides is 1. The van der Waals surface area contributed by atoms with Crippen LogP contribution in [0.15, 0.2) is 11.2 Å². The van der Waals surface area contributed by atoms with Gasteiger partial charge in [-0.2, -0.15) is 0 Å². The minimum absolute atomic E-state index is 0.0967. The number of piperidine rings is 1. The molecule has 0 spiro atoms. The molecule has 2 rings (SSSR count). The highest BCUT2D eigenvalue weighted by Gasteiger charge is 2.33. The van der Waals surface area contributed by atoms with Crippen molar-refractivity contribution in [3.8, 4) is 0 Å². The molecule has 1 unspecified atom stereocenters.